The minimum Gasteiger partial charge on any atom is -0.303 e. The van der Waals surface area contributed by atoms with Gasteiger partial charge in [0.25, 0.3) is 0 Å². The molecular weight excluding hydrogens is 246 g/mol. The molecule has 16 heavy (non-hydrogen) atoms. The van der Waals surface area contributed by atoms with Gasteiger partial charge in [-0.05, 0) is 56.1 Å². The number of rotatable bonds is 8. The van der Waals surface area contributed by atoms with Crippen molar-refractivity contribution in [2.75, 3.05) is 25.4 Å². The van der Waals surface area contributed by atoms with Crippen LogP contribution in [-0.2, 0) is 9.15 Å². The zero-order valence-electron chi connectivity index (χ0n) is 9.60. The molecule has 4 nitrogen and oxygen atoms in total. The van der Waals surface area contributed by atoms with Crippen LogP contribution in [0.3, 0.4) is 0 Å². The van der Waals surface area contributed by atoms with E-state index in [-0.39, 0.29) is 0 Å². The van der Waals surface area contributed by atoms with Crippen LogP contribution in [0.4, 0.5) is 0 Å². The van der Waals surface area contributed by atoms with Gasteiger partial charge in [-0.3, -0.25) is 4.55 Å². The van der Waals surface area contributed by atoms with E-state index in [9.17, 15) is 8.42 Å². The summed E-state index contributed by atoms with van der Waals surface area (Å²) in [6.45, 7) is 3.68. The van der Waals surface area contributed by atoms with Crippen molar-refractivity contribution < 1.29 is 13.0 Å². The lowest BCUT2D eigenvalue weighted by Gasteiger charge is -2.13. The Balaban J connectivity index is 1.84. The fourth-order valence-corrected chi connectivity index (χ4v) is 3.48. The normalized spacial score (nSPS) is 18.1. The lowest BCUT2D eigenvalue weighted by Crippen LogP contribution is -2.20. The van der Waals surface area contributed by atoms with Crippen LogP contribution in [0, 0.1) is 0 Å². The van der Waals surface area contributed by atoms with Gasteiger partial charge in [-0.25, -0.2) is 0 Å². The average Bonchev–Trinajstić information content (AvgIpc) is 2.67. The molecule has 1 heterocycles. The second-order valence-corrected chi connectivity index (χ2v) is 7.68. The number of nitrogens with zero attached hydrogens (tertiary/aromatic N) is 1. The average molecular weight is 267 g/mol. The van der Waals surface area contributed by atoms with E-state index in [0.29, 0.717) is 16.5 Å². The van der Waals surface area contributed by atoms with E-state index in [0.717, 1.165) is 19.3 Å². The number of likely N-dealkylation sites (tertiary alicyclic amines) is 1. The summed E-state index contributed by atoms with van der Waals surface area (Å²) in [7, 11) is -3.19. The van der Waals surface area contributed by atoms with Crippen molar-refractivity contribution in [1.29, 1.82) is 0 Å². The first-order valence-electron chi connectivity index (χ1n) is 5.92. The largest absolute Gasteiger partial charge is 0.319 e. The van der Waals surface area contributed by atoms with E-state index >= 15 is 0 Å². The molecular formula is C10H21NO3S2. The topological polar surface area (TPSA) is 57.6 Å². The van der Waals surface area contributed by atoms with Crippen molar-refractivity contribution in [2.24, 2.45) is 0 Å². The van der Waals surface area contributed by atoms with Gasteiger partial charge in [0.15, 0.2) is 0 Å². The highest BCUT2D eigenvalue weighted by Gasteiger charge is 2.10. The fraction of sp³-hybridized carbons (Fsp3) is 1.00. The highest BCUT2D eigenvalue weighted by atomic mass is 33.1. The van der Waals surface area contributed by atoms with Gasteiger partial charge in [-0.2, -0.15) is 8.42 Å². The molecule has 0 saturated carbocycles. The molecule has 1 aliphatic heterocycles. The monoisotopic (exact) mass is 267 g/mol. The Morgan fingerprint density at radius 3 is 2.31 bits per heavy atom. The predicted octanol–water partition coefficient (Wildman–Crippen LogP) is 2.18. The van der Waals surface area contributed by atoms with Gasteiger partial charge < -0.3 is 4.90 Å². The summed E-state index contributed by atoms with van der Waals surface area (Å²) in [5.74, 6) is 0.503. The maximum absolute atomic E-state index is 10.4. The molecule has 1 rings (SSSR count). The van der Waals surface area contributed by atoms with E-state index in [1.807, 2.05) is 0 Å². The first-order chi connectivity index (χ1) is 7.58. The van der Waals surface area contributed by atoms with Crippen LogP contribution in [0.2, 0.25) is 0 Å². The Bertz CT molecular complexity index is 274. The van der Waals surface area contributed by atoms with Crippen LogP contribution in [0.5, 0.6) is 0 Å². The number of unbranched alkanes of at least 4 members (excludes halogenated alkanes) is 3. The van der Waals surface area contributed by atoms with Crippen LogP contribution >= 0.6 is 10.8 Å². The molecule has 0 radical (unpaired) electrons. The lowest BCUT2D eigenvalue weighted by molar-refractivity contribution is 0.328. The second kappa shape index (κ2) is 7.53. The summed E-state index contributed by atoms with van der Waals surface area (Å²) in [4.78, 5) is 2.49. The summed E-state index contributed by atoms with van der Waals surface area (Å²) in [5.41, 5.74) is 0. The summed E-state index contributed by atoms with van der Waals surface area (Å²) >= 11 is 0. The first kappa shape index (κ1) is 14.3. The molecule has 6 heteroatoms. The Hall–Kier alpha value is 0.220. The van der Waals surface area contributed by atoms with Gasteiger partial charge in [0, 0.05) is 5.75 Å². The fourth-order valence-electron chi connectivity index (χ4n) is 1.96. The van der Waals surface area contributed by atoms with Crippen LogP contribution < -0.4 is 0 Å². The Labute approximate surface area is 102 Å². The molecule has 1 aliphatic rings. The third-order valence-corrected chi connectivity index (χ3v) is 4.95. The highest BCUT2D eigenvalue weighted by molar-refractivity contribution is 8.69. The van der Waals surface area contributed by atoms with E-state index in [1.54, 1.807) is 0 Å². The predicted molar refractivity (Wildman–Crippen MR) is 68.1 cm³/mol. The molecule has 0 aromatic carbocycles. The molecule has 0 spiro atoms. The molecule has 1 fully saturated rings. The van der Waals surface area contributed by atoms with Crippen molar-refractivity contribution in [3.8, 4) is 0 Å². The van der Waals surface area contributed by atoms with E-state index in [1.165, 1.54) is 38.9 Å². The molecule has 0 unspecified atom stereocenters. The molecule has 1 N–H and O–H groups in total. The van der Waals surface area contributed by atoms with Gasteiger partial charge in [0.1, 0.15) is 0 Å². The quantitative estimate of drug-likeness (QED) is 0.415. The summed E-state index contributed by atoms with van der Waals surface area (Å²) in [5, 5.41) is 0. The third kappa shape index (κ3) is 7.49. The Morgan fingerprint density at radius 2 is 1.69 bits per heavy atom. The van der Waals surface area contributed by atoms with Crippen molar-refractivity contribution >= 4 is 19.9 Å². The number of hydrogen-bond acceptors (Lipinski definition) is 4. The number of hydrogen-bond donors (Lipinski definition) is 1. The molecule has 0 bridgehead atoms. The van der Waals surface area contributed by atoms with Crippen LogP contribution in [0.25, 0.3) is 0 Å². The van der Waals surface area contributed by atoms with E-state index in [2.05, 4.69) is 4.90 Å². The molecule has 0 aromatic heterocycles. The van der Waals surface area contributed by atoms with Crippen LogP contribution in [0.15, 0.2) is 0 Å². The molecule has 0 aromatic rings. The maximum Gasteiger partial charge on any atom is 0.319 e. The molecule has 0 amide bonds. The van der Waals surface area contributed by atoms with Crippen molar-refractivity contribution in [3.63, 3.8) is 0 Å². The smallest absolute Gasteiger partial charge is 0.303 e. The first-order valence-corrected chi connectivity index (χ1v) is 8.86. The molecule has 0 atom stereocenters. The highest BCUT2D eigenvalue weighted by Crippen LogP contribution is 2.14. The third-order valence-electron chi connectivity index (χ3n) is 2.80. The molecule has 1 saturated heterocycles. The van der Waals surface area contributed by atoms with Gasteiger partial charge in [-0.15, -0.1) is 0 Å². The van der Waals surface area contributed by atoms with Gasteiger partial charge in [0.05, 0.1) is 0 Å². The summed E-state index contributed by atoms with van der Waals surface area (Å²) in [6, 6.07) is 0. The SMILES string of the molecule is O=S(=O)(O)SCCCCCCN1CCCC1. The summed E-state index contributed by atoms with van der Waals surface area (Å²) in [6.07, 6.45) is 6.95. The molecule has 0 aliphatic carbocycles. The maximum atomic E-state index is 10.4. The zero-order chi connectivity index (χ0) is 11.9. The van der Waals surface area contributed by atoms with Crippen molar-refractivity contribution in [3.05, 3.63) is 0 Å². The van der Waals surface area contributed by atoms with Crippen molar-refractivity contribution in [2.45, 2.75) is 38.5 Å². The van der Waals surface area contributed by atoms with Gasteiger partial charge in [0.2, 0.25) is 0 Å². The lowest BCUT2D eigenvalue weighted by atomic mass is 10.2. The van der Waals surface area contributed by atoms with E-state index in [4.69, 9.17) is 4.55 Å². The Morgan fingerprint density at radius 1 is 1.06 bits per heavy atom. The second-order valence-electron chi connectivity index (χ2n) is 4.21. The van der Waals surface area contributed by atoms with Gasteiger partial charge >= 0.3 is 9.15 Å². The van der Waals surface area contributed by atoms with E-state index < -0.39 is 9.15 Å². The van der Waals surface area contributed by atoms with Gasteiger partial charge in [-0.1, -0.05) is 12.8 Å². The van der Waals surface area contributed by atoms with Crippen LogP contribution in [0.1, 0.15) is 38.5 Å². The van der Waals surface area contributed by atoms with Crippen LogP contribution in [-0.4, -0.2) is 43.3 Å². The van der Waals surface area contributed by atoms with Crippen molar-refractivity contribution in [1.82, 2.24) is 4.90 Å². The Kier molecular flexibility index (Phi) is 6.72. The standard InChI is InChI=1S/C10H21NO3S2/c12-16(13,14)15-10-6-2-1-3-7-11-8-4-5-9-11/h1-10H2,(H,12,13,14). The minimum atomic E-state index is -3.82. The summed E-state index contributed by atoms with van der Waals surface area (Å²) < 4.78 is 29.3. The minimum absolute atomic E-state index is 0.503. The molecule has 96 valence electrons. The zero-order valence-corrected chi connectivity index (χ0v) is 11.2.